The van der Waals surface area contributed by atoms with Gasteiger partial charge in [-0.2, -0.15) is 5.26 Å². The topological polar surface area (TPSA) is 45.0 Å². The number of benzene rings is 1. The van der Waals surface area contributed by atoms with Crippen molar-refractivity contribution in [3.05, 3.63) is 29.8 Å². The van der Waals surface area contributed by atoms with Crippen molar-refractivity contribution in [2.24, 2.45) is 0 Å². The molecule has 0 aliphatic rings. The van der Waals surface area contributed by atoms with E-state index in [1.165, 1.54) is 5.56 Å². The normalized spacial score (nSPS) is 13.6. The van der Waals surface area contributed by atoms with Gasteiger partial charge in [-0.15, -0.1) is 0 Å². The molecule has 0 saturated carbocycles. The van der Waals surface area contributed by atoms with E-state index < -0.39 is 5.54 Å². The van der Waals surface area contributed by atoms with E-state index in [0.717, 1.165) is 31.4 Å². The van der Waals surface area contributed by atoms with Crippen LogP contribution >= 0.6 is 0 Å². The van der Waals surface area contributed by atoms with E-state index in [1.807, 2.05) is 26.1 Å². The number of rotatable bonds is 8. The molecule has 0 saturated heterocycles. The highest BCUT2D eigenvalue weighted by atomic mass is 16.5. The Morgan fingerprint density at radius 3 is 2.79 bits per heavy atom. The average molecular weight is 260 g/mol. The van der Waals surface area contributed by atoms with E-state index in [2.05, 4.69) is 30.4 Å². The van der Waals surface area contributed by atoms with E-state index in [4.69, 9.17) is 10.00 Å². The van der Waals surface area contributed by atoms with Crippen molar-refractivity contribution in [2.45, 2.75) is 45.1 Å². The minimum atomic E-state index is -0.415. The van der Waals surface area contributed by atoms with Gasteiger partial charge < -0.3 is 10.1 Å². The Labute approximate surface area is 116 Å². The lowest BCUT2D eigenvalue weighted by Crippen LogP contribution is -2.37. The summed E-state index contributed by atoms with van der Waals surface area (Å²) >= 11 is 0. The van der Waals surface area contributed by atoms with Crippen LogP contribution in [0.4, 0.5) is 0 Å². The molecular weight excluding hydrogens is 236 g/mol. The van der Waals surface area contributed by atoms with Gasteiger partial charge in [0.25, 0.3) is 0 Å². The zero-order chi connectivity index (χ0) is 14.1. The number of unbranched alkanes of at least 4 members (excludes halogenated alkanes) is 1. The summed E-state index contributed by atoms with van der Waals surface area (Å²) in [6, 6.07) is 10.5. The van der Waals surface area contributed by atoms with Gasteiger partial charge in [0.15, 0.2) is 0 Å². The number of hydrogen-bond acceptors (Lipinski definition) is 3. The molecule has 3 heteroatoms. The first kappa shape index (κ1) is 15.5. The zero-order valence-corrected chi connectivity index (χ0v) is 12.2. The Morgan fingerprint density at radius 2 is 2.16 bits per heavy atom. The maximum Gasteiger partial charge on any atom is 0.119 e. The van der Waals surface area contributed by atoms with Gasteiger partial charge in [0, 0.05) is 0 Å². The van der Waals surface area contributed by atoms with Crippen molar-refractivity contribution >= 4 is 0 Å². The lowest BCUT2D eigenvalue weighted by atomic mass is 9.97. The van der Waals surface area contributed by atoms with Crippen LogP contribution in [0.3, 0.4) is 0 Å². The highest BCUT2D eigenvalue weighted by Gasteiger charge is 2.19. The predicted molar refractivity (Wildman–Crippen MR) is 78.2 cm³/mol. The van der Waals surface area contributed by atoms with Crippen LogP contribution < -0.4 is 10.1 Å². The van der Waals surface area contributed by atoms with Gasteiger partial charge in [-0.05, 0) is 57.4 Å². The van der Waals surface area contributed by atoms with Crippen LogP contribution in [0.2, 0.25) is 0 Å². The molecule has 0 fully saturated rings. The minimum absolute atomic E-state index is 0.415. The second-order valence-electron chi connectivity index (χ2n) is 5.00. The Balaban J connectivity index is 2.26. The lowest BCUT2D eigenvalue weighted by molar-refractivity contribution is 0.297. The van der Waals surface area contributed by atoms with Crippen LogP contribution in [0.25, 0.3) is 0 Å². The van der Waals surface area contributed by atoms with Crippen LogP contribution in [0.1, 0.15) is 38.7 Å². The van der Waals surface area contributed by atoms with Crippen molar-refractivity contribution in [2.75, 3.05) is 13.7 Å². The molecule has 104 valence electrons. The number of nitriles is 1. The molecule has 1 rings (SSSR count). The van der Waals surface area contributed by atoms with Gasteiger partial charge in [0.2, 0.25) is 0 Å². The number of nitrogens with zero attached hydrogens (tertiary/aromatic N) is 1. The summed E-state index contributed by atoms with van der Waals surface area (Å²) in [7, 11) is 1.83. The molecule has 1 atom stereocenters. The Hall–Kier alpha value is -1.53. The van der Waals surface area contributed by atoms with Gasteiger partial charge in [-0.25, -0.2) is 0 Å². The maximum absolute atomic E-state index is 9.03. The molecule has 1 N–H and O–H groups in total. The third kappa shape index (κ3) is 5.32. The zero-order valence-electron chi connectivity index (χ0n) is 12.2. The summed E-state index contributed by atoms with van der Waals surface area (Å²) in [6.45, 7) is 4.77. The quantitative estimate of drug-likeness (QED) is 0.729. The molecule has 0 aromatic heterocycles. The molecule has 0 heterocycles. The SMILES string of the molecule is CCc1cccc(OCCCCC(C)(C#N)NC)c1. The van der Waals surface area contributed by atoms with Crippen molar-refractivity contribution in [3.8, 4) is 11.8 Å². The summed E-state index contributed by atoms with van der Waals surface area (Å²) in [6.07, 6.45) is 3.83. The van der Waals surface area contributed by atoms with Crippen LogP contribution in [0.15, 0.2) is 24.3 Å². The van der Waals surface area contributed by atoms with Crippen LogP contribution in [-0.2, 0) is 6.42 Å². The fourth-order valence-corrected chi connectivity index (χ4v) is 1.86. The predicted octanol–water partition coefficient (Wildman–Crippen LogP) is 3.30. The summed E-state index contributed by atoms with van der Waals surface area (Å²) in [5, 5.41) is 12.1. The molecule has 0 aliphatic heterocycles. The second-order valence-corrected chi connectivity index (χ2v) is 5.00. The molecule has 0 radical (unpaired) electrons. The molecule has 1 unspecified atom stereocenters. The number of aryl methyl sites for hydroxylation is 1. The molecule has 3 nitrogen and oxygen atoms in total. The summed E-state index contributed by atoms with van der Waals surface area (Å²) in [5.74, 6) is 0.941. The van der Waals surface area contributed by atoms with Gasteiger partial charge >= 0.3 is 0 Å². The smallest absolute Gasteiger partial charge is 0.119 e. The Morgan fingerprint density at radius 1 is 1.37 bits per heavy atom. The summed E-state index contributed by atoms with van der Waals surface area (Å²) < 4.78 is 5.73. The molecule has 0 amide bonds. The van der Waals surface area contributed by atoms with Gasteiger partial charge in [0.05, 0.1) is 12.7 Å². The molecular formula is C16H24N2O. The van der Waals surface area contributed by atoms with Crippen LogP contribution in [0.5, 0.6) is 5.75 Å². The van der Waals surface area contributed by atoms with E-state index in [-0.39, 0.29) is 0 Å². The highest BCUT2D eigenvalue weighted by molar-refractivity contribution is 5.28. The van der Waals surface area contributed by atoms with Gasteiger partial charge in [-0.3, -0.25) is 0 Å². The average Bonchev–Trinajstić information content (AvgIpc) is 2.47. The highest BCUT2D eigenvalue weighted by Crippen LogP contribution is 2.15. The molecule has 1 aromatic rings. The molecule has 0 bridgehead atoms. The molecule has 0 spiro atoms. The maximum atomic E-state index is 9.03. The summed E-state index contributed by atoms with van der Waals surface area (Å²) in [5.41, 5.74) is 0.881. The molecule has 19 heavy (non-hydrogen) atoms. The molecule has 1 aromatic carbocycles. The van der Waals surface area contributed by atoms with Gasteiger partial charge in [0.1, 0.15) is 11.3 Å². The number of nitrogens with one attached hydrogen (secondary N) is 1. The monoisotopic (exact) mass is 260 g/mol. The first-order valence-corrected chi connectivity index (χ1v) is 6.95. The van der Waals surface area contributed by atoms with Gasteiger partial charge in [-0.1, -0.05) is 19.1 Å². The largest absolute Gasteiger partial charge is 0.494 e. The number of hydrogen-bond donors (Lipinski definition) is 1. The van der Waals surface area contributed by atoms with Crippen molar-refractivity contribution in [1.82, 2.24) is 5.32 Å². The van der Waals surface area contributed by atoms with Crippen molar-refractivity contribution in [3.63, 3.8) is 0 Å². The first-order chi connectivity index (χ1) is 9.13. The Bertz CT molecular complexity index is 425. The lowest BCUT2D eigenvalue weighted by Gasteiger charge is -2.20. The van der Waals surface area contributed by atoms with Crippen molar-refractivity contribution in [1.29, 1.82) is 5.26 Å². The number of ether oxygens (including phenoxy) is 1. The van der Waals surface area contributed by atoms with Crippen LogP contribution in [0, 0.1) is 11.3 Å². The van der Waals surface area contributed by atoms with E-state index in [0.29, 0.717) is 6.61 Å². The van der Waals surface area contributed by atoms with Crippen LogP contribution in [-0.4, -0.2) is 19.2 Å². The van der Waals surface area contributed by atoms with E-state index in [1.54, 1.807) is 0 Å². The van der Waals surface area contributed by atoms with Crippen molar-refractivity contribution < 1.29 is 4.74 Å². The second kappa shape index (κ2) is 7.81. The first-order valence-electron chi connectivity index (χ1n) is 6.95. The fraction of sp³-hybridized carbons (Fsp3) is 0.562. The fourth-order valence-electron chi connectivity index (χ4n) is 1.86. The third-order valence-electron chi connectivity index (χ3n) is 3.45. The summed E-state index contributed by atoms with van der Waals surface area (Å²) in [4.78, 5) is 0. The minimum Gasteiger partial charge on any atom is -0.494 e. The third-order valence-corrected chi connectivity index (χ3v) is 3.45. The standard InChI is InChI=1S/C16H24N2O/c1-4-14-8-7-9-15(12-14)19-11-6-5-10-16(2,13-17)18-3/h7-9,12,18H,4-6,10-11H2,1-3H3. The molecule has 0 aliphatic carbocycles. The van der Waals surface area contributed by atoms with E-state index in [9.17, 15) is 0 Å². The van der Waals surface area contributed by atoms with E-state index >= 15 is 0 Å². The Kier molecular flexibility index (Phi) is 6.38.